The van der Waals surface area contributed by atoms with Gasteiger partial charge in [-0.2, -0.15) is 0 Å². The van der Waals surface area contributed by atoms with Crippen LogP contribution >= 0.6 is 0 Å². The second-order valence-electron chi connectivity index (χ2n) is 10.2. The van der Waals surface area contributed by atoms with Gasteiger partial charge in [0.15, 0.2) is 0 Å². The number of benzene rings is 3. The summed E-state index contributed by atoms with van der Waals surface area (Å²) in [6.07, 6.45) is -1.20. The summed E-state index contributed by atoms with van der Waals surface area (Å²) in [5.74, 6) is -1.17. The highest BCUT2D eigenvalue weighted by Crippen LogP contribution is 2.44. The molecule has 0 heterocycles. The van der Waals surface area contributed by atoms with E-state index >= 15 is 0 Å². The van der Waals surface area contributed by atoms with Crippen LogP contribution in [0, 0.1) is 0 Å². The van der Waals surface area contributed by atoms with E-state index in [1.165, 1.54) is 11.1 Å². The number of carbonyl (C=O) groups is 3. The molecule has 0 unspecified atom stereocenters. The SMILES string of the molecule is CC(C)(C)OC(=O)N[C@@H](Cc1ccc(CNC(=O)OCC2c3ccccc3-c3ccccc32)cc1)C(=O)O. The number of aliphatic carboxylic acids is 1. The number of rotatable bonds is 8. The molecule has 4 rings (SSSR count). The number of alkyl carbamates (subject to hydrolysis) is 2. The highest BCUT2D eigenvalue weighted by molar-refractivity contribution is 5.80. The zero-order valence-electron chi connectivity index (χ0n) is 21.7. The number of hydrogen-bond acceptors (Lipinski definition) is 5. The predicted molar refractivity (Wildman–Crippen MR) is 143 cm³/mol. The molecular weight excluding hydrogens is 484 g/mol. The molecule has 0 radical (unpaired) electrons. The number of carboxylic acids is 1. The maximum Gasteiger partial charge on any atom is 0.408 e. The topological polar surface area (TPSA) is 114 Å². The Morgan fingerprint density at radius 2 is 1.39 bits per heavy atom. The van der Waals surface area contributed by atoms with Crippen LogP contribution in [0.3, 0.4) is 0 Å². The van der Waals surface area contributed by atoms with Crippen molar-refractivity contribution in [2.45, 2.75) is 51.3 Å². The van der Waals surface area contributed by atoms with E-state index in [2.05, 4.69) is 34.9 Å². The maximum absolute atomic E-state index is 12.4. The van der Waals surface area contributed by atoms with Crippen LogP contribution in [-0.2, 0) is 27.2 Å². The minimum absolute atomic E-state index is 0.0103. The zero-order chi connectivity index (χ0) is 27.3. The molecule has 0 bridgehead atoms. The largest absolute Gasteiger partial charge is 0.480 e. The first-order chi connectivity index (χ1) is 18.1. The number of fused-ring (bicyclic) bond motifs is 3. The van der Waals surface area contributed by atoms with Crippen LogP contribution < -0.4 is 10.6 Å². The minimum Gasteiger partial charge on any atom is -0.480 e. The Morgan fingerprint density at radius 1 is 0.842 bits per heavy atom. The molecule has 0 fully saturated rings. The first-order valence-electron chi connectivity index (χ1n) is 12.5. The van der Waals surface area contributed by atoms with Gasteiger partial charge in [0.1, 0.15) is 18.2 Å². The molecule has 1 aliphatic carbocycles. The van der Waals surface area contributed by atoms with Crippen LogP contribution in [0.2, 0.25) is 0 Å². The molecule has 0 saturated carbocycles. The Balaban J connectivity index is 1.28. The molecular formula is C30H32N2O6. The third kappa shape index (κ3) is 6.70. The molecule has 0 saturated heterocycles. The quantitative estimate of drug-likeness (QED) is 0.377. The number of ether oxygens (including phenoxy) is 2. The lowest BCUT2D eigenvalue weighted by molar-refractivity contribution is -0.139. The average Bonchev–Trinajstić information content (AvgIpc) is 3.19. The van der Waals surface area contributed by atoms with Crippen molar-refractivity contribution in [2.75, 3.05) is 6.61 Å². The molecule has 0 spiro atoms. The van der Waals surface area contributed by atoms with E-state index in [1.807, 2.05) is 24.3 Å². The summed E-state index contributed by atoms with van der Waals surface area (Å²) >= 11 is 0. The van der Waals surface area contributed by atoms with Crippen LogP contribution in [0.4, 0.5) is 9.59 Å². The number of carbonyl (C=O) groups excluding carboxylic acids is 2. The molecule has 38 heavy (non-hydrogen) atoms. The number of carboxylic acid groups (broad SMARTS) is 1. The van der Waals surface area contributed by atoms with Gasteiger partial charge in [0, 0.05) is 18.9 Å². The lowest BCUT2D eigenvalue weighted by Gasteiger charge is -2.22. The van der Waals surface area contributed by atoms with Crippen molar-refractivity contribution < 1.29 is 29.0 Å². The third-order valence-corrected chi connectivity index (χ3v) is 6.23. The van der Waals surface area contributed by atoms with E-state index in [9.17, 15) is 19.5 Å². The van der Waals surface area contributed by atoms with Crippen LogP contribution in [0.15, 0.2) is 72.8 Å². The van der Waals surface area contributed by atoms with Gasteiger partial charge < -0.3 is 25.2 Å². The molecule has 0 aromatic heterocycles. The van der Waals surface area contributed by atoms with E-state index < -0.39 is 29.8 Å². The standard InChI is InChI=1S/C30H32N2O6/c1-30(2,3)38-29(36)32-26(27(33)34)16-19-12-14-20(15-13-19)17-31-28(35)37-18-25-23-10-6-4-8-21(23)22-9-5-7-11-24(22)25/h4-15,25-26H,16-18H2,1-3H3,(H,31,35)(H,32,36)(H,33,34)/t26-/m0/s1. The van der Waals surface area contributed by atoms with E-state index in [0.717, 1.165) is 22.3 Å². The monoisotopic (exact) mass is 516 g/mol. The molecule has 3 aromatic carbocycles. The third-order valence-electron chi connectivity index (χ3n) is 6.23. The van der Waals surface area contributed by atoms with Gasteiger partial charge in [-0.05, 0) is 54.2 Å². The number of amides is 2. The summed E-state index contributed by atoms with van der Waals surface area (Å²) in [4.78, 5) is 36.0. The van der Waals surface area contributed by atoms with Gasteiger partial charge in [0.2, 0.25) is 0 Å². The fourth-order valence-corrected chi connectivity index (χ4v) is 4.50. The Kier molecular flexibility index (Phi) is 8.00. The summed E-state index contributed by atoms with van der Waals surface area (Å²) in [6, 6.07) is 22.3. The maximum atomic E-state index is 12.4. The Hall–Kier alpha value is -4.33. The molecule has 1 atom stereocenters. The lowest BCUT2D eigenvalue weighted by atomic mass is 9.98. The van der Waals surface area contributed by atoms with Gasteiger partial charge >= 0.3 is 18.2 Å². The summed E-state index contributed by atoms with van der Waals surface area (Å²) in [6.45, 7) is 5.61. The molecule has 3 aromatic rings. The second-order valence-corrected chi connectivity index (χ2v) is 10.2. The first kappa shape index (κ1) is 26.7. The normalized spacial score (nSPS) is 13.1. The molecule has 8 nitrogen and oxygen atoms in total. The zero-order valence-corrected chi connectivity index (χ0v) is 21.7. The van der Waals surface area contributed by atoms with Gasteiger partial charge in [0.05, 0.1) is 0 Å². The smallest absolute Gasteiger partial charge is 0.408 e. The fourth-order valence-electron chi connectivity index (χ4n) is 4.50. The summed E-state index contributed by atoms with van der Waals surface area (Å²) in [5.41, 5.74) is 5.46. The van der Waals surface area contributed by atoms with Crippen LogP contribution in [0.5, 0.6) is 0 Å². The minimum atomic E-state index is -1.16. The molecule has 8 heteroatoms. The van der Waals surface area contributed by atoms with Crippen molar-refractivity contribution in [3.05, 3.63) is 95.1 Å². The van der Waals surface area contributed by atoms with Gasteiger partial charge in [-0.15, -0.1) is 0 Å². The van der Waals surface area contributed by atoms with Gasteiger partial charge in [0.25, 0.3) is 0 Å². The Bertz CT molecular complexity index is 1270. The Morgan fingerprint density at radius 3 is 1.95 bits per heavy atom. The highest BCUT2D eigenvalue weighted by atomic mass is 16.6. The molecule has 198 valence electrons. The number of nitrogens with one attached hydrogen (secondary N) is 2. The predicted octanol–water partition coefficient (Wildman–Crippen LogP) is 5.25. The van der Waals surface area contributed by atoms with Gasteiger partial charge in [-0.1, -0.05) is 72.8 Å². The molecule has 1 aliphatic rings. The Labute approximate surface area is 222 Å². The average molecular weight is 517 g/mol. The fraction of sp³-hybridized carbons (Fsp3) is 0.300. The van der Waals surface area contributed by atoms with Gasteiger partial charge in [-0.25, -0.2) is 14.4 Å². The molecule has 3 N–H and O–H groups in total. The first-order valence-corrected chi connectivity index (χ1v) is 12.5. The van der Waals surface area contributed by atoms with Crippen molar-refractivity contribution >= 4 is 18.2 Å². The van der Waals surface area contributed by atoms with Crippen molar-refractivity contribution in [1.82, 2.24) is 10.6 Å². The highest BCUT2D eigenvalue weighted by Gasteiger charge is 2.29. The summed E-state index contributed by atoms with van der Waals surface area (Å²) in [7, 11) is 0. The van der Waals surface area contributed by atoms with Crippen LogP contribution in [0.25, 0.3) is 11.1 Å². The van der Waals surface area contributed by atoms with E-state index in [0.29, 0.717) is 0 Å². The van der Waals surface area contributed by atoms with Crippen LogP contribution in [-0.4, -0.2) is 41.5 Å². The van der Waals surface area contributed by atoms with E-state index in [-0.39, 0.29) is 25.5 Å². The van der Waals surface area contributed by atoms with Crippen molar-refractivity contribution in [3.63, 3.8) is 0 Å². The second kappa shape index (κ2) is 11.4. The van der Waals surface area contributed by atoms with Crippen molar-refractivity contribution in [3.8, 4) is 11.1 Å². The summed E-state index contributed by atoms with van der Waals surface area (Å²) < 4.78 is 10.7. The van der Waals surface area contributed by atoms with E-state index in [1.54, 1.807) is 45.0 Å². The van der Waals surface area contributed by atoms with Crippen LogP contribution in [0.1, 0.15) is 48.9 Å². The lowest BCUT2D eigenvalue weighted by Crippen LogP contribution is -2.44. The number of hydrogen-bond donors (Lipinski definition) is 3. The summed E-state index contributed by atoms with van der Waals surface area (Å²) in [5, 5.41) is 14.6. The van der Waals surface area contributed by atoms with E-state index in [4.69, 9.17) is 9.47 Å². The van der Waals surface area contributed by atoms with Gasteiger partial charge in [-0.3, -0.25) is 0 Å². The van der Waals surface area contributed by atoms with Crippen molar-refractivity contribution in [2.24, 2.45) is 0 Å². The molecule has 2 amide bonds. The molecule has 0 aliphatic heterocycles. The van der Waals surface area contributed by atoms with Crippen molar-refractivity contribution in [1.29, 1.82) is 0 Å².